The average molecular weight is 403 g/mol. The van der Waals surface area contributed by atoms with Gasteiger partial charge in [-0.3, -0.25) is 0 Å². The predicted octanol–water partition coefficient (Wildman–Crippen LogP) is 4.08. The van der Waals surface area contributed by atoms with Crippen LogP contribution in [0.2, 0.25) is 0 Å². The maximum Gasteiger partial charge on any atom is 0.218 e. The number of nitrogens with one attached hydrogen (secondary N) is 2. The third kappa shape index (κ3) is 4.51. The Balaban J connectivity index is 1.72. The highest BCUT2D eigenvalue weighted by Crippen LogP contribution is 2.37. The number of anilines is 1. The first-order valence-electron chi connectivity index (χ1n) is 7.79. The van der Waals surface area contributed by atoms with Crippen LogP contribution < -0.4 is 14.8 Å². The molecule has 0 aliphatic carbocycles. The molecule has 0 saturated carbocycles. The van der Waals surface area contributed by atoms with Crippen molar-refractivity contribution in [3.05, 3.63) is 63.9 Å². The van der Waals surface area contributed by atoms with Crippen molar-refractivity contribution in [1.82, 2.24) is 15.2 Å². The van der Waals surface area contributed by atoms with E-state index in [1.165, 1.54) is 11.9 Å². The monoisotopic (exact) mass is 402 g/mol. The lowest BCUT2D eigenvalue weighted by molar-refractivity contribution is 0.282. The lowest BCUT2D eigenvalue weighted by Crippen LogP contribution is -2.03. The van der Waals surface area contributed by atoms with Crippen LogP contribution in [0, 0.1) is 6.92 Å². The van der Waals surface area contributed by atoms with Crippen molar-refractivity contribution in [3.63, 3.8) is 0 Å². The van der Waals surface area contributed by atoms with E-state index in [4.69, 9.17) is 9.47 Å². The van der Waals surface area contributed by atoms with Gasteiger partial charge in [-0.1, -0.05) is 29.8 Å². The van der Waals surface area contributed by atoms with Crippen molar-refractivity contribution < 1.29 is 9.47 Å². The molecule has 7 heteroatoms. The minimum Gasteiger partial charge on any atom is -0.493 e. The Hall–Kier alpha value is -2.54. The second-order valence-electron chi connectivity index (χ2n) is 5.57. The van der Waals surface area contributed by atoms with E-state index in [-0.39, 0.29) is 0 Å². The number of aryl methyl sites for hydroxylation is 1. The van der Waals surface area contributed by atoms with Crippen LogP contribution in [0.25, 0.3) is 0 Å². The van der Waals surface area contributed by atoms with Crippen molar-refractivity contribution in [1.29, 1.82) is 0 Å². The van der Waals surface area contributed by atoms with Gasteiger partial charge in [0.15, 0.2) is 11.5 Å². The summed E-state index contributed by atoms with van der Waals surface area (Å²) < 4.78 is 12.3. The number of hydrogen-bond donors (Lipinski definition) is 2. The SMILES string of the molecule is COc1cc(CNc2ncn[nH]2)cc(Br)c1OCc1cccc(C)c1. The summed E-state index contributed by atoms with van der Waals surface area (Å²) in [6.45, 7) is 3.13. The molecule has 6 nitrogen and oxygen atoms in total. The molecule has 0 unspecified atom stereocenters. The zero-order chi connectivity index (χ0) is 17.6. The van der Waals surface area contributed by atoms with Crippen LogP contribution in [0.3, 0.4) is 0 Å². The molecule has 3 rings (SSSR count). The van der Waals surface area contributed by atoms with Crippen molar-refractivity contribution in [2.24, 2.45) is 0 Å². The summed E-state index contributed by atoms with van der Waals surface area (Å²) in [5.74, 6) is 1.98. The number of hydrogen-bond acceptors (Lipinski definition) is 5. The Morgan fingerprint density at radius 1 is 1.20 bits per heavy atom. The maximum absolute atomic E-state index is 5.98. The quantitative estimate of drug-likeness (QED) is 0.622. The number of halogens is 1. The number of ether oxygens (including phenoxy) is 2. The molecule has 0 fully saturated rings. The van der Waals surface area contributed by atoms with Crippen LogP contribution >= 0.6 is 15.9 Å². The zero-order valence-electron chi connectivity index (χ0n) is 14.0. The number of aromatic nitrogens is 3. The van der Waals surface area contributed by atoms with Gasteiger partial charge in [-0.05, 0) is 46.1 Å². The van der Waals surface area contributed by atoms with E-state index in [9.17, 15) is 0 Å². The van der Waals surface area contributed by atoms with Crippen LogP contribution in [-0.2, 0) is 13.2 Å². The molecule has 0 saturated heterocycles. The third-order valence-corrected chi connectivity index (χ3v) is 4.22. The first-order chi connectivity index (χ1) is 12.2. The fourth-order valence-electron chi connectivity index (χ4n) is 2.45. The summed E-state index contributed by atoms with van der Waals surface area (Å²) in [4.78, 5) is 4.04. The highest BCUT2D eigenvalue weighted by atomic mass is 79.9. The molecule has 0 atom stereocenters. The number of rotatable bonds is 7. The van der Waals surface area contributed by atoms with Gasteiger partial charge in [-0.25, -0.2) is 10.1 Å². The average Bonchev–Trinajstić information content (AvgIpc) is 3.12. The van der Waals surface area contributed by atoms with Gasteiger partial charge in [0.25, 0.3) is 0 Å². The van der Waals surface area contributed by atoms with E-state index in [0.717, 1.165) is 15.6 Å². The molecule has 0 radical (unpaired) electrons. The van der Waals surface area contributed by atoms with Gasteiger partial charge in [0.05, 0.1) is 11.6 Å². The first-order valence-corrected chi connectivity index (χ1v) is 8.59. The number of nitrogens with zero attached hydrogens (tertiary/aromatic N) is 2. The maximum atomic E-state index is 5.98. The minimum absolute atomic E-state index is 0.478. The number of methoxy groups -OCH3 is 1. The van der Waals surface area contributed by atoms with Crippen LogP contribution in [-0.4, -0.2) is 22.3 Å². The summed E-state index contributed by atoms with van der Waals surface area (Å²) in [6.07, 6.45) is 1.46. The second-order valence-corrected chi connectivity index (χ2v) is 6.43. The van der Waals surface area contributed by atoms with Crippen molar-refractivity contribution in [2.45, 2.75) is 20.1 Å². The van der Waals surface area contributed by atoms with Crippen molar-refractivity contribution in [2.75, 3.05) is 12.4 Å². The van der Waals surface area contributed by atoms with E-state index in [2.05, 4.69) is 55.5 Å². The lowest BCUT2D eigenvalue weighted by Gasteiger charge is -2.15. The van der Waals surface area contributed by atoms with Gasteiger partial charge >= 0.3 is 0 Å². The number of aromatic amines is 1. The molecule has 130 valence electrons. The van der Waals surface area contributed by atoms with E-state index >= 15 is 0 Å². The Morgan fingerprint density at radius 3 is 2.80 bits per heavy atom. The Morgan fingerprint density at radius 2 is 2.08 bits per heavy atom. The van der Waals surface area contributed by atoms with Gasteiger partial charge in [0, 0.05) is 6.54 Å². The lowest BCUT2D eigenvalue weighted by atomic mass is 10.1. The van der Waals surface area contributed by atoms with Crippen LogP contribution in [0.4, 0.5) is 5.95 Å². The van der Waals surface area contributed by atoms with Crippen LogP contribution in [0.5, 0.6) is 11.5 Å². The van der Waals surface area contributed by atoms with Crippen molar-refractivity contribution >= 4 is 21.9 Å². The molecular formula is C18H19BrN4O2. The molecule has 2 aromatic carbocycles. The van der Waals surface area contributed by atoms with Crippen LogP contribution in [0.15, 0.2) is 47.2 Å². The Bertz CT molecular complexity index is 837. The highest BCUT2D eigenvalue weighted by Gasteiger charge is 2.12. The molecule has 2 N–H and O–H groups in total. The molecule has 0 aliphatic heterocycles. The molecular weight excluding hydrogens is 384 g/mol. The zero-order valence-corrected chi connectivity index (χ0v) is 15.6. The number of H-pyrrole nitrogens is 1. The number of benzene rings is 2. The minimum atomic E-state index is 0.478. The van der Waals surface area contributed by atoms with Gasteiger partial charge < -0.3 is 14.8 Å². The molecule has 1 aromatic heterocycles. The second kappa shape index (κ2) is 8.02. The molecule has 25 heavy (non-hydrogen) atoms. The molecule has 1 heterocycles. The predicted molar refractivity (Wildman–Crippen MR) is 99.9 cm³/mol. The van der Waals surface area contributed by atoms with E-state index in [1.54, 1.807) is 7.11 Å². The molecule has 3 aromatic rings. The molecule has 0 aliphatic rings. The topological polar surface area (TPSA) is 72.1 Å². The highest BCUT2D eigenvalue weighted by molar-refractivity contribution is 9.10. The fraction of sp³-hybridized carbons (Fsp3) is 0.222. The van der Waals surface area contributed by atoms with Gasteiger partial charge in [0.1, 0.15) is 12.9 Å². The molecule has 0 amide bonds. The smallest absolute Gasteiger partial charge is 0.218 e. The third-order valence-electron chi connectivity index (χ3n) is 3.63. The normalized spacial score (nSPS) is 10.5. The summed E-state index contributed by atoms with van der Waals surface area (Å²) >= 11 is 3.58. The van der Waals surface area contributed by atoms with Crippen molar-refractivity contribution in [3.8, 4) is 11.5 Å². The van der Waals surface area contributed by atoms with Gasteiger partial charge in [-0.2, -0.15) is 5.10 Å². The summed E-state index contributed by atoms with van der Waals surface area (Å²) in [5.41, 5.74) is 3.36. The standard InChI is InChI=1S/C18H19BrN4O2/c1-12-4-3-5-13(6-12)10-25-17-15(19)7-14(8-16(17)24-2)9-20-18-21-11-22-23-18/h3-8,11H,9-10H2,1-2H3,(H2,20,21,22,23). The summed E-state index contributed by atoms with van der Waals surface area (Å²) in [6, 6.07) is 12.2. The molecule has 0 bridgehead atoms. The fourth-order valence-corrected chi connectivity index (χ4v) is 3.05. The first kappa shape index (κ1) is 17.3. The van der Waals surface area contributed by atoms with E-state index < -0.39 is 0 Å². The Kier molecular flexibility index (Phi) is 5.55. The summed E-state index contributed by atoms with van der Waals surface area (Å²) in [5, 5.41) is 9.73. The van der Waals surface area contributed by atoms with Gasteiger partial charge in [-0.15, -0.1) is 0 Å². The van der Waals surface area contributed by atoms with Crippen LogP contribution in [0.1, 0.15) is 16.7 Å². The van der Waals surface area contributed by atoms with E-state index in [0.29, 0.717) is 30.6 Å². The van der Waals surface area contributed by atoms with Gasteiger partial charge in [0.2, 0.25) is 5.95 Å². The van der Waals surface area contributed by atoms with E-state index in [1.807, 2.05) is 24.3 Å². The largest absolute Gasteiger partial charge is 0.493 e. The Labute approximate surface area is 154 Å². The molecule has 0 spiro atoms. The summed E-state index contributed by atoms with van der Waals surface area (Å²) in [7, 11) is 1.63.